The van der Waals surface area contributed by atoms with Gasteiger partial charge in [-0.2, -0.15) is 0 Å². The molecular weight excluding hydrogens is 240 g/mol. The fourth-order valence-corrected chi connectivity index (χ4v) is 5.11. The lowest BCUT2D eigenvalue weighted by atomic mass is 9.54. The lowest BCUT2D eigenvalue weighted by Gasteiger charge is -2.56. The first-order valence-corrected chi connectivity index (χ1v) is 7.67. The van der Waals surface area contributed by atoms with Crippen LogP contribution in [0.15, 0.2) is 12.2 Å². The second-order valence-corrected chi connectivity index (χ2v) is 7.13. The molecule has 0 unspecified atom stereocenters. The molecule has 104 valence electrons. The van der Waals surface area contributed by atoms with E-state index in [0.29, 0.717) is 0 Å². The van der Waals surface area contributed by atoms with Crippen LogP contribution >= 0.6 is 0 Å². The Morgan fingerprint density at radius 1 is 1.16 bits per heavy atom. The number of hydrogen-bond acceptors (Lipinski definition) is 3. The number of ketones is 1. The Morgan fingerprint density at radius 3 is 2.26 bits per heavy atom. The van der Waals surface area contributed by atoms with Gasteiger partial charge in [0.15, 0.2) is 12.1 Å². The van der Waals surface area contributed by atoms with Gasteiger partial charge in [0.25, 0.3) is 0 Å². The molecule has 2 atom stereocenters. The monoisotopic (exact) mass is 262 g/mol. The summed E-state index contributed by atoms with van der Waals surface area (Å²) < 4.78 is 12.0. The van der Waals surface area contributed by atoms with Crippen molar-refractivity contribution in [3.63, 3.8) is 0 Å². The molecule has 1 aliphatic heterocycles. The zero-order chi connectivity index (χ0) is 13.0. The van der Waals surface area contributed by atoms with Crippen LogP contribution in [-0.2, 0) is 14.3 Å². The number of carbonyl (C=O) groups is 1. The van der Waals surface area contributed by atoms with E-state index in [1.165, 1.54) is 38.5 Å². The van der Waals surface area contributed by atoms with Crippen molar-refractivity contribution < 1.29 is 14.3 Å². The smallest absolute Gasteiger partial charge is 0.184 e. The predicted octanol–water partition coefficient (Wildman–Crippen LogP) is 2.84. The minimum Gasteiger partial charge on any atom is -0.342 e. The van der Waals surface area contributed by atoms with E-state index in [-0.39, 0.29) is 23.8 Å². The topological polar surface area (TPSA) is 35.5 Å². The van der Waals surface area contributed by atoms with Crippen molar-refractivity contribution in [3.05, 3.63) is 12.2 Å². The molecule has 0 spiro atoms. The summed E-state index contributed by atoms with van der Waals surface area (Å²) in [4.78, 5) is 11.4. The van der Waals surface area contributed by atoms with E-state index in [9.17, 15) is 4.79 Å². The minimum absolute atomic E-state index is 0.0455. The van der Waals surface area contributed by atoms with E-state index in [2.05, 4.69) is 0 Å². The van der Waals surface area contributed by atoms with E-state index < -0.39 is 0 Å². The molecule has 3 nitrogen and oxygen atoms in total. The molecule has 19 heavy (non-hydrogen) atoms. The van der Waals surface area contributed by atoms with Gasteiger partial charge in [-0.25, -0.2) is 0 Å². The summed E-state index contributed by atoms with van der Waals surface area (Å²) in [6, 6.07) is 0. The number of rotatable bonds is 2. The van der Waals surface area contributed by atoms with Crippen LogP contribution < -0.4 is 0 Å². The molecule has 0 aromatic heterocycles. The Morgan fingerprint density at radius 2 is 1.74 bits per heavy atom. The van der Waals surface area contributed by atoms with Crippen LogP contribution in [-0.4, -0.2) is 23.8 Å². The number of ether oxygens (including phenoxy) is 2. The zero-order valence-corrected chi connectivity index (χ0v) is 11.5. The average molecular weight is 262 g/mol. The van der Waals surface area contributed by atoms with Gasteiger partial charge in [-0.1, -0.05) is 0 Å². The SMILES string of the molecule is C[C@@H]1O[C@H](OC23CC4CC(CC(C4)C2)C3)C=CC1=O. The van der Waals surface area contributed by atoms with Gasteiger partial charge in [-0.05, 0) is 75.4 Å². The average Bonchev–Trinajstić information content (AvgIpc) is 2.31. The maximum Gasteiger partial charge on any atom is 0.184 e. The summed E-state index contributed by atoms with van der Waals surface area (Å²) in [5.41, 5.74) is 0.0455. The first kappa shape index (κ1) is 12.1. The molecule has 4 saturated carbocycles. The summed E-state index contributed by atoms with van der Waals surface area (Å²) in [6.45, 7) is 1.81. The molecule has 0 amide bonds. The molecule has 0 saturated heterocycles. The standard InChI is InChI=1S/C16H22O3/c1-10-14(17)2-3-15(18-10)19-16-7-11-4-12(8-16)6-13(5-11)9-16/h2-3,10-13,15H,4-9H2,1H3/t10-,11?,12?,13?,15+,16?/m0/s1. The number of hydrogen-bond donors (Lipinski definition) is 0. The maximum absolute atomic E-state index is 11.4. The third-order valence-electron chi connectivity index (χ3n) is 5.50. The zero-order valence-electron chi connectivity index (χ0n) is 11.5. The van der Waals surface area contributed by atoms with Gasteiger partial charge < -0.3 is 9.47 Å². The highest BCUT2D eigenvalue weighted by Gasteiger charge is 2.52. The Hall–Kier alpha value is -0.670. The van der Waals surface area contributed by atoms with Gasteiger partial charge in [-0.3, -0.25) is 4.79 Å². The molecule has 5 rings (SSSR count). The van der Waals surface area contributed by atoms with Crippen molar-refractivity contribution in [1.29, 1.82) is 0 Å². The van der Waals surface area contributed by atoms with Crippen molar-refractivity contribution in [3.8, 4) is 0 Å². The quantitative estimate of drug-likeness (QED) is 0.767. The largest absolute Gasteiger partial charge is 0.342 e. The van der Waals surface area contributed by atoms with Crippen LogP contribution in [0, 0.1) is 17.8 Å². The summed E-state index contributed by atoms with van der Waals surface area (Å²) in [5.74, 6) is 2.67. The lowest BCUT2D eigenvalue weighted by molar-refractivity contribution is -0.248. The van der Waals surface area contributed by atoms with Crippen molar-refractivity contribution in [2.24, 2.45) is 17.8 Å². The maximum atomic E-state index is 11.4. The minimum atomic E-state index is -0.357. The second kappa shape index (κ2) is 4.16. The van der Waals surface area contributed by atoms with Crippen LogP contribution in [0.25, 0.3) is 0 Å². The molecular formula is C16H22O3. The fraction of sp³-hybridized carbons (Fsp3) is 0.812. The number of carbonyl (C=O) groups excluding carboxylic acids is 1. The third-order valence-corrected chi connectivity index (χ3v) is 5.50. The van der Waals surface area contributed by atoms with Crippen LogP contribution in [0.4, 0.5) is 0 Å². The Kier molecular flexibility index (Phi) is 2.65. The van der Waals surface area contributed by atoms with Crippen LogP contribution in [0.5, 0.6) is 0 Å². The Bertz CT molecular complexity index is 390. The van der Waals surface area contributed by atoms with Crippen LogP contribution in [0.2, 0.25) is 0 Å². The third kappa shape index (κ3) is 2.07. The highest BCUT2D eigenvalue weighted by atomic mass is 16.7. The molecule has 5 aliphatic rings. The summed E-state index contributed by atoms with van der Waals surface area (Å²) in [5, 5.41) is 0. The van der Waals surface area contributed by atoms with Gasteiger partial charge in [0.2, 0.25) is 0 Å². The second-order valence-electron chi connectivity index (χ2n) is 7.13. The molecule has 4 aliphatic carbocycles. The van der Waals surface area contributed by atoms with Crippen molar-refractivity contribution in [2.45, 2.75) is 63.4 Å². The fourth-order valence-electron chi connectivity index (χ4n) is 5.11. The molecule has 0 aromatic rings. The molecule has 4 bridgehead atoms. The van der Waals surface area contributed by atoms with Gasteiger partial charge in [0.05, 0.1) is 5.60 Å². The Labute approximate surface area is 114 Å². The first-order chi connectivity index (χ1) is 9.12. The van der Waals surface area contributed by atoms with Crippen molar-refractivity contribution in [1.82, 2.24) is 0 Å². The van der Waals surface area contributed by atoms with Crippen LogP contribution in [0.3, 0.4) is 0 Å². The highest BCUT2D eigenvalue weighted by molar-refractivity contribution is 5.93. The molecule has 0 radical (unpaired) electrons. The van der Waals surface area contributed by atoms with E-state index in [1.807, 2.05) is 6.92 Å². The summed E-state index contributed by atoms with van der Waals surface area (Å²) >= 11 is 0. The molecule has 0 aromatic carbocycles. The van der Waals surface area contributed by atoms with Crippen molar-refractivity contribution >= 4 is 5.78 Å². The summed E-state index contributed by atoms with van der Waals surface area (Å²) in [6.07, 6.45) is 10.6. The van der Waals surface area contributed by atoms with Gasteiger partial charge >= 0.3 is 0 Å². The van der Waals surface area contributed by atoms with E-state index >= 15 is 0 Å². The van der Waals surface area contributed by atoms with Crippen LogP contribution in [0.1, 0.15) is 45.4 Å². The highest BCUT2D eigenvalue weighted by Crippen LogP contribution is 2.57. The first-order valence-electron chi connectivity index (χ1n) is 7.67. The molecule has 4 fully saturated rings. The normalized spacial score (nSPS) is 51.8. The molecule has 1 heterocycles. The van der Waals surface area contributed by atoms with Gasteiger partial charge in [0, 0.05) is 0 Å². The Balaban J connectivity index is 1.51. The summed E-state index contributed by atoms with van der Waals surface area (Å²) in [7, 11) is 0. The van der Waals surface area contributed by atoms with Gasteiger partial charge in [-0.15, -0.1) is 0 Å². The van der Waals surface area contributed by atoms with Gasteiger partial charge in [0.1, 0.15) is 6.10 Å². The predicted molar refractivity (Wildman–Crippen MR) is 70.5 cm³/mol. The molecule has 0 N–H and O–H groups in total. The lowest BCUT2D eigenvalue weighted by Crippen LogP contribution is -2.54. The van der Waals surface area contributed by atoms with E-state index in [0.717, 1.165) is 17.8 Å². The van der Waals surface area contributed by atoms with E-state index in [4.69, 9.17) is 9.47 Å². The van der Waals surface area contributed by atoms with E-state index in [1.54, 1.807) is 12.2 Å². The molecule has 3 heteroatoms. The van der Waals surface area contributed by atoms with Crippen molar-refractivity contribution in [2.75, 3.05) is 0 Å².